The highest BCUT2D eigenvalue weighted by Crippen LogP contribution is 2.15. The number of nitriles is 1. The summed E-state index contributed by atoms with van der Waals surface area (Å²) < 4.78 is 19.1. The maximum atomic E-state index is 13.5. The first-order chi connectivity index (χ1) is 17.1. The van der Waals surface area contributed by atoms with Crippen molar-refractivity contribution in [3.8, 4) is 6.07 Å². The lowest BCUT2D eigenvalue weighted by atomic mass is 10.0. The van der Waals surface area contributed by atoms with Crippen molar-refractivity contribution in [2.75, 3.05) is 6.61 Å². The first-order valence-electron chi connectivity index (χ1n) is 14.0. The second-order valence-corrected chi connectivity index (χ2v) is 9.85. The fourth-order valence-corrected chi connectivity index (χ4v) is 4.38. The number of ether oxygens (including phenoxy) is 1. The van der Waals surface area contributed by atoms with Crippen LogP contribution in [0.1, 0.15) is 134 Å². The lowest BCUT2D eigenvalue weighted by Gasteiger charge is -2.15. The van der Waals surface area contributed by atoms with Crippen LogP contribution in [0.4, 0.5) is 4.39 Å². The van der Waals surface area contributed by atoms with Crippen LogP contribution in [0.25, 0.3) is 0 Å². The summed E-state index contributed by atoms with van der Waals surface area (Å²) >= 11 is 0. The maximum Gasteiger partial charge on any atom is 0.133 e. The second kappa shape index (κ2) is 21.5. The van der Waals surface area contributed by atoms with Gasteiger partial charge in [-0.25, -0.2) is 4.39 Å². The minimum atomic E-state index is -0.484. The molecular weight excluding hydrogens is 441 g/mol. The molecule has 0 saturated heterocycles. The third-order valence-corrected chi connectivity index (χ3v) is 6.58. The highest BCUT2D eigenvalue weighted by molar-refractivity contribution is 5.78. The SMILES string of the molecule is CCCCCCCCCCCCCCCCCC(=O)CC[C@H](CO)OCc1cc(F)cc(C#N)c1. The minimum Gasteiger partial charge on any atom is -0.394 e. The average Bonchev–Trinajstić information content (AvgIpc) is 2.86. The van der Waals surface area contributed by atoms with Crippen LogP contribution >= 0.6 is 0 Å². The summed E-state index contributed by atoms with van der Waals surface area (Å²) in [5.74, 6) is -0.277. The predicted molar refractivity (Wildman–Crippen MR) is 141 cm³/mol. The number of hydrogen-bond acceptors (Lipinski definition) is 4. The Kier molecular flexibility index (Phi) is 19.2. The van der Waals surface area contributed by atoms with Crippen LogP contribution in [-0.2, 0) is 16.1 Å². The Morgan fingerprint density at radius 3 is 1.94 bits per heavy atom. The highest BCUT2D eigenvalue weighted by Gasteiger charge is 2.12. The summed E-state index contributed by atoms with van der Waals surface area (Å²) in [7, 11) is 0. The molecule has 1 aromatic carbocycles. The zero-order valence-electron chi connectivity index (χ0n) is 22.0. The molecule has 35 heavy (non-hydrogen) atoms. The fourth-order valence-electron chi connectivity index (χ4n) is 4.38. The molecule has 0 fully saturated rings. The molecule has 0 unspecified atom stereocenters. The molecular formula is C30H48FNO3. The van der Waals surface area contributed by atoms with Crippen LogP contribution in [0.15, 0.2) is 18.2 Å². The van der Waals surface area contributed by atoms with Crippen molar-refractivity contribution in [2.45, 2.75) is 135 Å². The van der Waals surface area contributed by atoms with Crippen LogP contribution in [0, 0.1) is 17.1 Å². The monoisotopic (exact) mass is 489 g/mol. The molecule has 5 heteroatoms. The van der Waals surface area contributed by atoms with Crippen molar-refractivity contribution in [3.63, 3.8) is 0 Å². The van der Waals surface area contributed by atoms with Crippen molar-refractivity contribution < 1.29 is 19.0 Å². The van der Waals surface area contributed by atoms with Gasteiger partial charge in [-0.2, -0.15) is 5.26 Å². The number of halogens is 1. The number of benzene rings is 1. The smallest absolute Gasteiger partial charge is 0.133 e. The number of ketones is 1. The molecule has 198 valence electrons. The fraction of sp³-hybridized carbons (Fsp3) is 0.733. The Labute approximate surface area is 213 Å². The molecule has 4 nitrogen and oxygen atoms in total. The minimum absolute atomic E-state index is 0.102. The van der Waals surface area contributed by atoms with Gasteiger partial charge in [0.1, 0.15) is 11.6 Å². The van der Waals surface area contributed by atoms with Crippen LogP contribution in [0.3, 0.4) is 0 Å². The topological polar surface area (TPSA) is 70.3 Å². The molecule has 1 aromatic rings. The highest BCUT2D eigenvalue weighted by atomic mass is 19.1. The molecule has 1 N–H and O–H groups in total. The summed E-state index contributed by atoms with van der Waals surface area (Å²) in [6.07, 6.45) is 20.6. The van der Waals surface area contributed by atoms with Crippen molar-refractivity contribution in [1.82, 2.24) is 0 Å². The van der Waals surface area contributed by atoms with E-state index in [1.807, 2.05) is 6.07 Å². The third kappa shape index (κ3) is 17.3. The Hall–Kier alpha value is -1.77. The zero-order chi connectivity index (χ0) is 25.6. The number of rotatable bonds is 23. The summed E-state index contributed by atoms with van der Waals surface area (Å²) in [6, 6.07) is 5.97. The summed E-state index contributed by atoms with van der Waals surface area (Å²) in [5, 5.41) is 18.5. The summed E-state index contributed by atoms with van der Waals surface area (Å²) in [4.78, 5) is 12.2. The van der Waals surface area contributed by atoms with E-state index in [2.05, 4.69) is 6.92 Å². The largest absolute Gasteiger partial charge is 0.394 e. The number of nitrogens with zero attached hydrogens (tertiary/aromatic N) is 1. The van der Waals surface area contributed by atoms with E-state index in [0.717, 1.165) is 12.8 Å². The Morgan fingerprint density at radius 1 is 0.886 bits per heavy atom. The van der Waals surface area contributed by atoms with E-state index >= 15 is 0 Å². The van der Waals surface area contributed by atoms with Gasteiger partial charge in [-0.3, -0.25) is 4.79 Å². The molecule has 1 atom stereocenters. The van der Waals surface area contributed by atoms with Gasteiger partial charge >= 0.3 is 0 Å². The predicted octanol–water partition coefficient (Wildman–Crippen LogP) is 8.19. The van der Waals surface area contributed by atoms with E-state index < -0.39 is 11.9 Å². The first kappa shape index (κ1) is 31.3. The zero-order valence-corrected chi connectivity index (χ0v) is 22.0. The van der Waals surface area contributed by atoms with Crippen molar-refractivity contribution in [3.05, 3.63) is 35.1 Å². The number of unbranched alkanes of at least 4 members (excludes halogenated alkanes) is 14. The van der Waals surface area contributed by atoms with Gasteiger partial charge in [-0.05, 0) is 36.6 Å². The van der Waals surface area contributed by atoms with Gasteiger partial charge in [0.05, 0.1) is 31.0 Å². The first-order valence-corrected chi connectivity index (χ1v) is 14.0. The van der Waals surface area contributed by atoms with Gasteiger partial charge in [-0.1, -0.05) is 96.8 Å². The molecule has 0 aliphatic carbocycles. The quantitative estimate of drug-likeness (QED) is 0.157. The second-order valence-electron chi connectivity index (χ2n) is 9.85. The maximum absolute atomic E-state index is 13.5. The van der Waals surface area contributed by atoms with Gasteiger partial charge in [0.15, 0.2) is 0 Å². The number of aliphatic hydroxyl groups is 1. The van der Waals surface area contributed by atoms with Gasteiger partial charge in [-0.15, -0.1) is 0 Å². The Bertz CT molecular complexity index is 716. The number of aliphatic hydroxyl groups excluding tert-OH is 1. The molecule has 0 spiro atoms. The van der Waals surface area contributed by atoms with Gasteiger partial charge in [0, 0.05) is 12.8 Å². The van der Waals surface area contributed by atoms with Gasteiger partial charge in [0.2, 0.25) is 0 Å². The molecule has 0 aliphatic heterocycles. The third-order valence-electron chi connectivity index (χ3n) is 6.58. The van der Waals surface area contributed by atoms with Crippen molar-refractivity contribution in [1.29, 1.82) is 5.26 Å². The Balaban J connectivity index is 1.98. The number of hydrogen-bond donors (Lipinski definition) is 1. The van der Waals surface area contributed by atoms with Gasteiger partial charge in [0.25, 0.3) is 0 Å². The van der Waals surface area contributed by atoms with E-state index in [1.165, 1.54) is 95.6 Å². The van der Waals surface area contributed by atoms with Crippen LogP contribution in [-0.4, -0.2) is 23.6 Å². The summed E-state index contributed by atoms with van der Waals surface area (Å²) in [6.45, 7) is 2.18. The van der Waals surface area contributed by atoms with Crippen molar-refractivity contribution in [2.24, 2.45) is 0 Å². The van der Waals surface area contributed by atoms with Gasteiger partial charge < -0.3 is 9.84 Å². The standard InChI is InChI=1S/C30H48FNO3/c1-2-3-4-5-6-7-8-9-10-11-12-13-14-15-16-17-29(34)18-19-30(24-33)35-25-27-20-26(23-32)21-28(31)22-27/h20-22,30,33H,2-19,24-25H2,1H3/t30-/m1/s1. The molecule has 0 amide bonds. The van der Waals surface area contributed by atoms with Crippen LogP contribution in [0.5, 0.6) is 0 Å². The molecule has 0 bridgehead atoms. The Morgan fingerprint density at radius 2 is 1.43 bits per heavy atom. The van der Waals surface area contributed by atoms with E-state index in [4.69, 9.17) is 10.00 Å². The van der Waals surface area contributed by atoms with E-state index in [1.54, 1.807) is 6.07 Å². The molecule has 0 radical (unpaired) electrons. The van der Waals surface area contributed by atoms with E-state index in [0.29, 0.717) is 24.8 Å². The van der Waals surface area contributed by atoms with E-state index in [-0.39, 0.29) is 24.6 Å². The number of carbonyl (C=O) groups excluding carboxylic acids is 1. The van der Waals surface area contributed by atoms with Crippen LogP contribution < -0.4 is 0 Å². The van der Waals surface area contributed by atoms with Crippen molar-refractivity contribution >= 4 is 5.78 Å². The molecule has 0 aromatic heterocycles. The number of Topliss-reactive ketones (excluding diaryl/α,β-unsaturated/α-hetero) is 1. The number of carbonyl (C=O) groups is 1. The molecule has 0 heterocycles. The van der Waals surface area contributed by atoms with Crippen LogP contribution in [0.2, 0.25) is 0 Å². The molecule has 0 aliphatic rings. The molecule has 0 saturated carbocycles. The normalized spacial score (nSPS) is 11.9. The van der Waals surface area contributed by atoms with E-state index in [9.17, 15) is 14.3 Å². The lowest BCUT2D eigenvalue weighted by Crippen LogP contribution is -2.19. The summed E-state index contributed by atoms with van der Waals surface area (Å²) in [5.41, 5.74) is 0.784. The average molecular weight is 490 g/mol. The molecule has 1 rings (SSSR count). The lowest BCUT2D eigenvalue weighted by molar-refractivity contribution is -0.120.